The summed E-state index contributed by atoms with van der Waals surface area (Å²) in [6, 6.07) is 13.6. The molecule has 1 amide bonds. The Bertz CT molecular complexity index is 967. The lowest BCUT2D eigenvalue weighted by Gasteiger charge is -2.22. The number of amides is 1. The summed E-state index contributed by atoms with van der Waals surface area (Å²) in [7, 11) is 0. The van der Waals surface area contributed by atoms with E-state index < -0.39 is 10.5 Å². The van der Waals surface area contributed by atoms with E-state index >= 15 is 0 Å². The van der Waals surface area contributed by atoms with Crippen LogP contribution in [0.15, 0.2) is 65.5 Å². The van der Waals surface area contributed by atoms with Gasteiger partial charge in [0.25, 0.3) is 5.69 Å². The molecule has 0 radical (unpaired) electrons. The van der Waals surface area contributed by atoms with Gasteiger partial charge in [0.15, 0.2) is 5.88 Å². The summed E-state index contributed by atoms with van der Waals surface area (Å²) >= 11 is 0. The zero-order valence-electron chi connectivity index (χ0n) is 15.5. The molecule has 1 aliphatic rings. The van der Waals surface area contributed by atoms with Crippen LogP contribution in [-0.4, -0.2) is 22.6 Å². The maximum absolute atomic E-state index is 11.8. The van der Waals surface area contributed by atoms with Gasteiger partial charge in [-0.15, -0.1) is 0 Å². The van der Waals surface area contributed by atoms with E-state index in [2.05, 4.69) is 4.99 Å². The first-order valence-corrected chi connectivity index (χ1v) is 8.60. The van der Waals surface area contributed by atoms with Gasteiger partial charge in [0.2, 0.25) is 6.41 Å². The Labute approximate surface area is 162 Å². The highest BCUT2D eigenvalue weighted by Gasteiger charge is 2.32. The van der Waals surface area contributed by atoms with Gasteiger partial charge in [-0.1, -0.05) is 30.3 Å². The Morgan fingerprint density at radius 3 is 2.54 bits per heavy atom. The van der Waals surface area contributed by atoms with Crippen LogP contribution in [0.25, 0.3) is 0 Å². The third-order valence-corrected chi connectivity index (χ3v) is 4.31. The van der Waals surface area contributed by atoms with Gasteiger partial charge in [-0.25, -0.2) is 4.99 Å². The smallest absolute Gasteiger partial charge is 0.271 e. The molecule has 0 unspecified atom stereocenters. The van der Waals surface area contributed by atoms with E-state index in [4.69, 9.17) is 10.5 Å². The van der Waals surface area contributed by atoms with Crippen LogP contribution >= 0.6 is 0 Å². The Morgan fingerprint density at radius 1 is 1.25 bits per heavy atom. The molecule has 1 aliphatic heterocycles. The van der Waals surface area contributed by atoms with Crippen molar-refractivity contribution in [2.45, 2.75) is 26.0 Å². The van der Waals surface area contributed by atoms with E-state index in [0.29, 0.717) is 24.4 Å². The second kappa shape index (κ2) is 7.51. The quantitative estimate of drug-likeness (QED) is 0.469. The lowest BCUT2D eigenvalue weighted by molar-refractivity contribution is -0.384. The van der Waals surface area contributed by atoms with Crippen molar-refractivity contribution in [2.24, 2.45) is 10.7 Å². The molecule has 3 rings (SSSR count). The second-order valence-electron chi connectivity index (χ2n) is 6.81. The number of nitrogens with zero attached hydrogens (tertiary/aromatic N) is 3. The highest BCUT2D eigenvalue weighted by Crippen LogP contribution is 2.35. The van der Waals surface area contributed by atoms with Gasteiger partial charge in [-0.3, -0.25) is 14.9 Å². The van der Waals surface area contributed by atoms with Crippen molar-refractivity contribution >= 4 is 29.2 Å². The Kier molecular flexibility index (Phi) is 5.12. The predicted molar refractivity (Wildman–Crippen MR) is 106 cm³/mol. The minimum absolute atomic E-state index is 0.123. The number of anilines is 1. The number of nitrogens with two attached hydrogens (primary N) is 1. The van der Waals surface area contributed by atoms with E-state index in [0.717, 1.165) is 5.56 Å². The SMILES string of the molecule is CC1(C)OC(N)=CC1=Nc1cc([N+](=O)[O-])ccc1N(C=O)Cc1ccccc1. The fraction of sp³-hybridized carbons (Fsp3) is 0.200. The van der Waals surface area contributed by atoms with E-state index in [1.54, 1.807) is 19.9 Å². The van der Waals surface area contributed by atoms with Crippen LogP contribution in [0, 0.1) is 10.1 Å². The number of nitro benzene ring substituents is 1. The number of rotatable bonds is 6. The monoisotopic (exact) mass is 380 g/mol. The van der Waals surface area contributed by atoms with Crippen molar-refractivity contribution in [1.82, 2.24) is 0 Å². The van der Waals surface area contributed by atoms with Crippen LogP contribution < -0.4 is 10.6 Å². The number of ether oxygens (including phenoxy) is 1. The molecular weight excluding hydrogens is 360 g/mol. The van der Waals surface area contributed by atoms with Gasteiger partial charge in [0.1, 0.15) is 5.60 Å². The first-order valence-electron chi connectivity index (χ1n) is 8.60. The molecule has 144 valence electrons. The molecular formula is C20H20N4O4. The normalized spacial score (nSPS) is 16.4. The molecule has 1 heterocycles. The maximum Gasteiger partial charge on any atom is 0.271 e. The summed E-state index contributed by atoms with van der Waals surface area (Å²) < 4.78 is 5.52. The molecule has 0 aromatic heterocycles. The summed E-state index contributed by atoms with van der Waals surface area (Å²) in [5.74, 6) is 0.215. The van der Waals surface area contributed by atoms with Crippen LogP contribution in [0.1, 0.15) is 19.4 Å². The van der Waals surface area contributed by atoms with Crippen molar-refractivity contribution < 1.29 is 14.5 Å². The predicted octanol–water partition coefficient (Wildman–Crippen LogP) is 3.44. The number of benzene rings is 2. The minimum Gasteiger partial charge on any atom is -0.467 e. The summed E-state index contributed by atoms with van der Waals surface area (Å²) in [6.45, 7) is 3.89. The first kappa shape index (κ1) is 19.1. The standard InChI is InChI=1S/C20H20N4O4/c1-20(2)18(11-19(21)28-20)22-16-10-15(24(26)27)8-9-17(16)23(13-25)12-14-6-4-3-5-7-14/h3-11,13H,12,21H2,1-2H3. The van der Waals surface area contributed by atoms with Crippen molar-refractivity contribution in [3.05, 3.63) is 76.2 Å². The molecule has 2 aromatic rings. The zero-order chi connectivity index (χ0) is 20.3. The molecule has 0 spiro atoms. The summed E-state index contributed by atoms with van der Waals surface area (Å²) in [5, 5.41) is 11.2. The maximum atomic E-state index is 11.8. The topological polar surface area (TPSA) is 111 Å². The zero-order valence-corrected chi connectivity index (χ0v) is 15.5. The van der Waals surface area contributed by atoms with Crippen molar-refractivity contribution in [3.8, 4) is 0 Å². The van der Waals surface area contributed by atoms with Gasteiger partial charge in [-0.05, 0) is 25.5 Å². The molecule has 0 atom stereocenters. The molecule has 8 nitrogen and oxygen atoms in total. The number of carbonyl (C=O) groups is 1. The third kappa shape index (κ3) is 4.01. The Morgan fingerprint density at radius 2 is 1.96 bits per heavy atom. The van der Waals surface area contributed by atoms with E-state index in [1.807, 2.05) is 30.3 Å². The molecule has 0 bridgehead atoms. The summed E-state index contributed by atoms with van der Waals surface area (Å²) in [6.07, 6.45) is 2.25. The Balaban J connectivity index is 2.08. The minimum atomic E-state index is -0.780. The van der Waals surface area contributed by atoms with Crippen LogP contribution in [0.4, 0.5) is 17.1 Å². The van der Waals surface area contributed by atoms with Crippen molar-refractivity contribution in [3.63, 3.8) is 0 Å². The van der Waals surface area contributed by atoms with Crippen LogP contribution in [0.2, 0.25) is 0 Å². The van der Waals surface area contributed by atoms with E-state index in [-0.39, 0.29) is 17.3 Å². The van der Waals surface area contributed by atoms with Crippen LogP contribution in [-0.2, 0) is 16.1 Å². The number of non-ortho nitro benzene ring substituents is 1. The molecule has 2 N–H and O–H groups in total. The van der Waals surface area contributed by atoms with Gasteiger partial charge >= 0.3 is 0 Å². The number of carbonyl (C=O) groups excluding carboxylic acids is 1. The van der Waals surface area contributed by atoms with Gasteiger partial charge < -0.3 is 15.4 Å². The summed E-state index contributed by atoms with van der Waals surface area (Å²) in [4.78, 5) is 28.5. The third-order valence-electron chi connectivity index (χ3n) is 4.31. The van der Waals surface area contributed by atoms with E-state index in [1.165, 1.54) is 23.1 Å². The lowest BCUT2D eigenvalue weighted by atomic mass is 10.0. The molecule has 0 saturated carbocycles. The van der Waals surface area contributed by atoms with Crippen LogP contribution in [0.5, 0.6) is 0 Å². The molecule has 2 aromatic carbocycles. The average Bonchev–Trinajstić information content (AvgIpc) is 2.92. The molecule has 0 fully saturated rings. The molecule has 28 heavy (non-hydrogen) atoms. The fourth-order valence-electron chi connectivity index (χ4n) is 2.90. The highest BCUT2D eigenvalue weighted by atomic mass is 16.6. The fourth-order valence-corrected chi connectivity index (χ4v) is 2.90. The molecule has 0 saturated heterocycles. The highest BCUT2D eigenvalue weighted by molar-refractivity contribution is 6.05. The molecule has 8 heteroatoms. The number of aliphatic imine (C=N–C) groups is 1. The number of nitro groups is 1. The van der Waals surface area contributed by atoms with Gasteiger partial charge in [0.05, 0.1) is 28.6 Å². The van der Waals surface area contributed by atoms with Crippen LogP contribution in [0.3, 0.4) is 0 Å². The first-order chi connectivity index (χ1) is 13.3. The lowest BCUT2D eigenvalue weighted by Crippen LogP contribution is -2.29. The number of hydrogen-bond donors (Lipinski definition) is 1. The van der Waals surface area contributed by atoms with Crippen molar-refractivity contribution in [1.29, 1.82) is 0 Å². The number of hydrogen-bond acceptors (Lipinski definition) is 6. The second-order valence-corrected chi connectivity index (χ2v) is 6.81. The average molecular weight is 380 g/mol. The van der Waals surface area contributed by atoms with Gasteiger partial charge in [0, 0.05) is 18.2 Å². The van der Waals surface area contributed by atoms with E-state index in [9.17, 15) is 14.9 Å². The van der Waals surface area contributed by atoms with Gasteiger partial charge in [-0.2, -0.15) is 0 Å². The molecule has 0 aliphatic carbocycles. The van der Waals surface area contributed by atoms with Crippen molar-refractivity contribution in [2.75, 3.05) is 4.90 Å². The Hall–Kier alpha value is -3.68. The summed E-state index contributed by atoms with van der Waals surface area (Å²) in [5.41, 5.74) is 7.00. The largest absolute Gasteiger partial charge is 0.467 e.